The fraction of sp³-hybridized carbons (Fsp3) is 0.370. The van der Waals surface area contributed by atoms with Crippen LogP contribution in [0.3, 0.4) is 0 Å². The second-order valence-electron chi connectivity index (χ2n) is 9.75. The van der Waals surface area contributed by atoms with Crippen LogP contribution < -0.4 is 9.64 Å². The number of ether oxygens (including phenoxy) is 2. The van der Waals surface area contributed by atoms with Crippen molar-refractivity contribution in [3.63, 3.8) is 0 Å². The molecule has 6 heterocycles. The monoisotopic (exact) mass is 513 g/mol. The normalized spacial score (nSPS) is 14.2. The van der Waals surface area contributed by atoms with Crippen molar-refractivity contribution in [1.29, 1.82) is 0 Å². The summed E-state index contributed by atoms with van der Waals surface area (Å²) in [4.78, 5) is 23.7. The number of pyridine rings is 3. The van der Waals surface area contributed by atoms with E-state index in [0.29, 0.717) is 13.2 Å². The van der Waals surface area contributed by atoms with Crippen molar-refractivity contribution in [3.8, 4) is 22.8 Å². The molecule has 1 saturated heterocycles. The van der Waals surface area contributed by atoms with Gasteiger partial charge >= 0.3 is 0 Å². The van der Waals surface area contributed by atoms with Gasteiger partial charge in [0.15, 0.2) is 11.6 Å². The lowest BCUT2D eigenvalue weighted by atomic mass is 10.1. The summed E-state index contributed by atoms with van der Waals surface area (Å²) in [6.45, 7) is 5.57. The third-order valence-electron chi connectivity index (χ3n) is 6.95. The molecule has 0 amide bonds. The van der Waals surface area contributed by atoms with Crippen LogP contribution >= 0.6 is 0 Å². The van der Waals surface area contributed by atoms with Crippen molar-refractivity contribution < 1.29 is 9.47 Å². The first-order chi connectivity index (χ1) is 18.4. The molecule has 0 aliphatic carbocycles. The highest BCUT2D eigenvalue weighted by Gasteiger charge is 2.23. The van der Waals surface area contributed by atoms with Crippen molar-refractivity contribution in [2.75, 3.05) is 52.4 Å². The van der Waals surface area contributed by atoms with Gasteiger partial charge in [0, 0.05) is 49.7 Å². The molecule has 0 radical (unpaired) electrons. The molecule has 1 fully saturated rings. The molecule has 38 heavy (non-hydrogen) atoms. The Labute approximate surface area is 220 Å². The van der Waals surface area contributed by atoms with Gasteiger partial charge in [0.2, 0.25) is 0 Å². The standard InChI is InChI=1S/C27H31N9O2/c1-17-18-15-29-36(21(18)12-20(30-17)19-14-28-7-6-23(19)37-5)24-13-22-26(31-25(34(22)4)16-33(2)3)27(32-24)35-8-10-38-11-9-35/h6-7,12-15H,8-11,16H2,1-5H3. The molecule has 0 saturated carbocycles. The Morgan fingerprint density at radius 2 is 1.87 bits per heavy atom. The van der Waals surface area contributed by atoms with Gasteiger partial charge in [-0.3, -0.25) is 9.97 Å². The summed E-state index contributed by atoms with van der Waals surface area (Å²) in [5, 5.41) is 5.73. The third kappa shape index (κ3) is 4.13. The maximum atomic E-state index is 5.62. The molecule has 1 aliphatic rings. The third-order valence-corrected chi connectivity index (χ3v) is 6.95. The van der Waals surface area contributed by atoms with E-state index in [4.69, 9.17) is 29.5 Å². The van der Waals surface area contributed by atoms with Crippen molar-refractivity contribution >= 4 is 27.8 Å². The number of fused-ring (bicyclic) bond motifs is 2. The van der Waals surface area contributed by atoms with Crippen LogP contribution in [0, 0.1) is 6.92 Å². The Morgan fingerprint density at radius 1 is 1.05 bits per heavy atom. The first-order valence-electron chi connectivity index (χ1n) is 12.6. The number of imidazole rings is 1. The summed E-state index contributed by atoms with van der Waals surface area (Å²) < 4.78 is 15.2. The summed E-state index contributed by atoms with van der Waals surface area (Å²) >= 11 is 0. The van der Waals surface area contributed by atoms with Crippen molar-refractivity contribution in [3.05, 3.63) is 48.3 Å². The highest BCUT2D eigenvalue weighted by Crippen LogP contribution is 2.33. The van der Waals surface area contributed by atoms with Gasteiger partial charge in [-0.1, -0.05) is 0 Å². The molecule has 1 aliphatic heterocycles. The molecule has 6 rings (SSSR count). The fourth-order valence-corrected chi connectivity index (χ4v) is 4.98. The SMILES string of the molecule is COc1ccncc1-c1cc2c(cnn2-c2cc3c(nc(CN(C)C)n3C)c(N3CCOCC3)n2)c(C)n1. The highest BCUT2D eigenvalue weighted by molar-refractivity contribution is 5.90. The summed E-state index contributed by atoms with van der Waals surface area (Å²) in [6, 6.07) is 5.93. The highest BCUT2D eigenvalue weighted by atomic mass is 16.5. The van der Waals surface area contributed by atoms with Gasteiger partial charge in [-0.2, -0.15) is 5.10 Å². The molecule has 0 N–H and O–H groups in total. The molecule has 11 nitrogen and oxygen atoms in total. The van der Waals surface area contributed by atoms with Crippen LogP contribution in [-0.4, -0.2) is 86.7 Å². The largest absolute Gasteiger partial charge is 0.496 e. The topological polar surface area (TPSA) is 99.3 Å². The average molecular weight is 514 g/mol. The van der Waals surface area contributed by atoms with E-state index in [0.717, 1.165) is 81.7 Å². The van der Waals surface area contributed by atoms with Gasteiger partial charge < -0.3 is 23.8 Å². The lowest BCUT2D eigenvalue weighted by Crippen LogP contribution is -2.37. The van der Waals surface area contributed by atoms with Crippen molar-refractivity contribution in [2.45, 2.75) is 13.5 Å². The second-order valence-corrected chi connectivity index (χ2v) is 9.75. The Balaban J connectivity index is 1.56. The lowest BCUT2D eigenvalue weighted by Gasteiger charge is -2.28. The molecular weight excluding hydrogens is 482 g/mol. The second kappa shape index (κ2) is 9.66. The number of hydrogen-bond donors (Lipinski definition) is 0. The predicted octanol–water partition coefficient (Wildman–Crippen LogP) is 2.98. The van der Waals surface area contributed by atoms with Gasteiger partial charge in [-0.05, 0) is 33.2 Å². The molecule has 5 aromatic rings. The smallest absolute Gasteiger partial charge is 0.159 e. The number of aryl methyl sites for hydroxylation is 2. The summed E-state index contributed by atoms with van der Waals surface area (Å²) in [6.07, 6.45) is 5.33. The summed E-state index contributed by atoms with van der Waals surface area (Å²) in [5.41, 5.74) is 5.28. The first-order valence-corrected chi connectivity index (χ1v) is 12.6. The minimum atomic E-state index is 0.663. The average Bonchev–Trinajstić information content (AvgIpc) is 3.50. The van der Waals surface area contributed by atoms with Gasteiger partial charge in [-0.15, -0.1) is 0 Å². The van der Waals surface area contributed by atoms with Gasteiger partial charge in [0.05, 0.1) is 55.4 Å². The number of hydrogen-bond acceptors (Lipinski definition) is 9. The maximum Gasteiger partial charge on any atom is 0.159 e. The quantitative estimate of drug-likeness (QED) is 0.339. The summed E-state index contributed by atoms with van der Waals surface area (Å²) in [5.74, 6) is 3.28. The first kappa shape index (κ1) is 24.3. The fourth-order valence-electron chi connectivity index (χ4n) is 4.98. The molecule has 0 bridgehead atoms. The van der Waals surface area contributed by atoms with E-state index < -0.39 is 0 Å². The van der Waals surface area contributed by atoms with Crippen LogP contribution in [0.4, 0.5) is 5.82 Å². The zero-order chi connectivity index (χ0) is 26.4. The molecule has 196 valence electrons. The zero-order valence-corrected chi connectivity index (χ0v) is 22.3. The van der Waals surface area contributed by atoms with E-state index in [9.17, 15) is 0 Å². The Bertz CT molecular complexity index is 1630. The van der Waals surface area contributed by atoms with E-state index in [1.54, 1.807) is 19.5 Å². The van der Waals surface area contributed by atoms with Crippen LogP contribution in [0.25, 0.3) is 39.0 Å². The molecular formula is C27H31N9O2. The molecule has 0 unspecified atom stereocenters. The predicted molar refractivity (Wildman–Crippen MR) is 146 cm³/mol. The zero-order valence-electron chi connectivity index (χ0n) is 22.3. The van der Waals surface area contributed by atoms with Crippen molar-refractivity contribution in [2.24, 2.45) is 7.05 Å². The van der Waals surface area contributed by atoms with E-state index in [1.807, 2.05) is 44.0 Å². The van der Waals surface area contributed by atoms with Gasteiger partial charge in [0.1, 0.15) is 17.1 Å². The minimum absolute atomic E-state index is 0.663. The molecule has 0 atom stereocenters. The molecule has 0 aromatic carbocycles. The lowest BCUT2D eigenvalue weighted by molar-refractivity contribution is 0.122. The van der Waals surface area contributed by atoms with Crippen LogP contribution in [0.2, 0.25) is 0 Å². The number of aromatic nitrogens is 7. The Kier molecular flexibility index (Phi) is 6.16. The number of nitrogens with zero attached hydrogens (tertiary/aromatic N) is 9. The van der Waals surface area contributed by atoms with Crippen LogP contribution in [0.15, 0.2) is 36.8 Å². The maximum absolute atomic E-state index is 5.62. The number of methoxy groups -OCH3 is 1. The van der Waals surface area contributed by atoms with Gasteiger partial charge in [-0.25, -0.2) is 14.6 Å². The minimum Gasteiger partial charge on any atom is -0.496 e. The van der Waals surface area contributed by atoms with Crippen LogP contribution in [-0.2, 0) is 18.3 Å². The van der Waals surface area contributed by atoms with Crippen LogP contribution in [0.5, 0.6) is 5.75 Å². The number of anilines is 1. The van der Waals surface area contributed by atoms with E-state index in [-0.39, 0.29) is 0 Å². The Hall–Kier alpha value is -4.09. The van der Waals surface area contributed by atoms with Crippen LogP contribution in [0.1, 0.15) is 11.5 Å². The van der Waals surface area contributed by atoms with E-state index >= 15 is 0 Å². The van der Waals surface area contributed by atoms with Gasteiger partial charge in [0.25, 0.3) is 0 Å². The number of rotatable bonds is 6. The van der Waals surface area contributed by atoms with Crippen molar-refractivity contribution in [1.82, 2.24) is 39.2 Å². The number of morpholine rings is 1. The van der Waals surface area contributed by atoms with E-state index in [1.165, 1.54) is 0 Å². The molecule has 11 heteroatoms. The Morgan fingerprint density at radius 3 is 2.63 bits per heavy atom. The summed E-state index contributed by atoms with van der Waals surface area (Å²) in [7, 11) is 7.81. The molecule has 0 spiro atoms. The molecule has 5 aromatic heterocycles. The van der Waals surface area contributed by atoms with E-state index in [2.05, 4.69) is 32.5 Å².